The van der Waals surface area contributed by atoms with Crippen LogP contribution in [-0.4, -0.2) is 55.2 Å². The van der Waals surface area contributed by atoms with Gasteiger partial charge < -0.3 is 15.4 Å². The van der Waals surface area contributed by atoms with E-state index in [0.717, 1.165) is 45.0 Å². The number of carbonyl (C=O) groups is 1. The van der Waals surface area contributed by atoms with Crippen LogP contribution in [0, 0.1) is 18.3 Å². The number of para-hydroxylation sites is 1. The van der Waals surface area contributed by atoms with Gasteiger partial charge in [0.15, 0.2) is 0 Å². The van der Waals surface area contributed by atoms with Gasteiger partial charge in [-0.2, -0.15) is 5.26 Å². The molecule has 8 heteroatoms. The van der Waals surface area contributed by atoms with Crippen molar-refractivity contribution >= 4 is 28.5 Å². The van der Waals surface area contributed by atoms with Gasteiger partial charge in [0.1, 0.15) is 16.6 Å². The molecule has 0 radical (unpaired) electrons. The Morgan fingerprint density at radius 3 is 2.90 bits per heavy atom. The Morgan fingerprint density at radius 1 is 1.38 bits per heavy atom. The van der Waals surface area contributed by atoms with Gasteiger partial charge in [0.25, 0.3) is 5.91 Å². The molecule has 3 rings (SSSR count). The summed E-state index contributed by atoms with van der Waals surface area (Å²) < 4.78 is 5.35. The number of thiazole rings is 1. The Morgan fingerprint density at radius 2 is 2.17 bits per heavy atom. The number of ether oxygens (including phenoxy) is 1. The summed E-state index contributed by atoms with van der Waals surface area (Å²) in [5.41, 5.74) is 2.51. The van der Waals surface area contributed by atoms with E-state index < -0.39 is 0 Å². The van der Waals surface area contributed by atoms with Crippen molar-refractivity contribution in [1.29, 1.82) is 5.26 Å². The molecule has 1 saturated heterocycles. The first-order valence-corrected chi connectivity index (χ1v) is 10.5. The summed E-state index contributed by atoms with van der Waals surface area (Å²) in [4.78, 5) is 19.3. The number of carbonyl (C=O) groups excluding carboxylic acids is 1. The number of nitrogens with zero attached hydrogens (tertiary/aromatic N) is 3. The van der Waals surface area contributed by atoms with Crippen molar-refractivity contribution < 1.29 is 9.53 Å². The molecule has 1 aromatic carbocycles. The summed E-state index contributed by atoms with van der Waals surface area (Å²) in [6, 6.07) is 9.43. The maximum atomic E-state index is 12.6. The SMILES string of the molecule is Cc1csc(/C(C#N)=C/Nc2ccccc2C(=O)NCCCN2CCOCC2)n1. The first kappa shape index (κ1) is 21.0. The predicted octanol–water partition coefficient (Wildman–Crippen LogP) is 2.88. The van der Waals surface area contributed by atoms with Gasteiger partial charge in [0.2, 0.25) is 0 Å². The fraction of sp³-hybridized carbons (Fsp3) is 0.381. The average Bonchev–Trinajstić information content (AvgIpc) is 3.18. The number of allylic oxidation sites excluding steroid dienone is 1. The number of rotatable bonds is 8. The van der Waals surface area contributed by atoms with Crippen LogP contribution in [0.5, 0.6) is 0 Å². The van der Waals surface area contributed by atoms with Crippen LogP contribution in [-0.2, 0) is 4.74 Å². The van der Waals surface area contributed by atoms with Gasteiger partial charge in [0, 0.05) is 36.9 Å². The van der Waals surface area contributed by atoms with Gasteiger partial charge in [-0.3, -0.25) is 9.69 Å². The van der Waals surface area contributed by atoms with Crippen molar-refractivity contribution in [2.24, 2.45) is 0 Å². The molecule has 0 unspecified atom stereocenters. The van der Waals surface area contributed by atoms with Gasteiger partial charge in [-0.25, -0.2) is 4.98 Å². The molecule has 2 heterocycles. The lowest BCUT2D eigenvalue weighted by Crippen LogP contribution is -2.38. The van der Waals surface area contributed by atoms with Crippen LogP contribution in [0.2, 0.25) is 0 Å². The van der Waals surface area contributed by atoms with Gasteiger partial charge in [0.05, 0.1) is 24.5 Å². The summed E-state index contributed by atoms with van der Waals surface area (Å²) in [6.45, 7) is 6.92. The average molecular weight is 412 g/mol. The van der Waals surface area contributed by atoms with Crippen LogP contribution in [0.25, 0.3) is 5.57 Å². The summed E-state index contributed by atoms with van der Waals surface area (Å²) in [6.07, 6.45) is 2.49. The van der Waals surface area contributed by atoms with Gasteiger partial charge >= 0.3 is 0 Å². The van der Waals surface area contributed by atoms with E-state index in [1.54, 1.807) is 12.3 Å². The maximum absolute atomic E-state index is 12.6. The number of hydrogen-bond donors (Lipinski definition) is 2. The first-order valence-electron chi connectivity index (χ1n) is 9.64. The van der Waals surface area contributed by atoms with E-state index in [4.69, 9.17) is 4.74 Å². The second-order valence-electron chi connectivity index (χ2n) is 6.72. The lowest BCUT2D eigenvalue weighted by atomic mass is 10.1. The highest BCUT2D eigenvalue weighted by atomic mass is 32.1. The third-order valence-electron chi connectivity index (χ3n) is 4.55. The molecule has 0 aliphatic carbocycles. The molecule has 152 valence electrons. The smallest absolute Gasteiger partial charge is 0.253 e. The Bertz CT molecular complexity index is 896. The van der Waals surface area contributed by atoms with Crippen molar-refractivity contribution in [2.45, 2.75) is 13.3 Å². The van der Waals surface area contributed by atoms with Crippen molar-refractivity contribution in [2.75, 3.05) is 44.7 Å². The quantitative estimate of drug-likeness (QED) is 0.513. The molecule has 1 fully saturated rings. The zero-order chi connectivity index (χ0) is 20.5. The van der Waals surface area contributed by atoms with Crippen LogP contribution in [0.15, 0.2) is 35.8 Å². The summed E-state index contributed by atoms with van der Waals surface area (Å²) >= 11 is 1.42. The van der Waals surface area contributed by atoms with Crippen molar-refractivity contribution in [3.05, 3.63) is 52.1 Å². The summed E-state index contributed by atoms with van der Waals surface area (Å²) in [5, 5.41) is 18.0. The number of aryl methyl sites for hydroxylation is 1. The van der Waals surface area contributed by atoms with Crippen LogP contribution >= 0.6 is 11.3 Å². The van der Waals surface area contributed by atoms with Gasteiger partial charge in [-0.1, -0.05) is 12.1 Å². The highest BCUT2D eigenvalue weighted by Crippen LogP contribution is 2.20. The molecule has 1 aliphatic rings. The molecular weight excluding hydrogens is 386 g/mol. The molecule has 0 saturated carbocycles. The molecule has 2 aromatic rings. The molecule has 0 atom stereocenters. The number of aromatic nitrogens is 1. The fourth-order valence-electron chi connectivity index (χ4n) is 3.00. The standard InChI is InChI=1S/C21H25N5O2S/c1-16-15-29-21(25-16)17(13-22)14-24-19-6-3-2-5-18(19)20(27)23-7-4-8-26-9-11-28-12-10-26/h2-3,5-6,14-15,24H,4,7-12H2,1H3,(H,23,27)/b17-14+. The Balaban J connectivity index is 1.57. The van der Waals surface area contributed by atoms with Crippen molar-refractivity contribution in [3.63, 3.8) is 0 Å². The number of anilines is 1. The zero-order valence-electron chi connectivity index (χ0n) is 16.5. The highest BCUT2D eigenvalue weighted by molar-refractivity contribution is 7.10. The summed E-state index contributed by atoms with van der Waals surface area (Å²) in [5.74, 6) is -0.132. The molecular formula is C21H25N5O2S. The van der Waals surface area contributed by atoms with Crippen LogP contribution in [0.4, 0.5) is 5.69 Å². The molecule has 1 amide bonds. The first-order chi connectivity index (χ1) is 14.2. The number of nitriles is 1. The lowest BCUT2D eigenvalue weighted by molar-refractivity contribution is 0.0374. The molecule has 2 N–H and O–H groups in total. The summed E-state index contributed by atoms with van der Waals surface area (Å²) in [7, 11) is 0. The number of nitrogens with one attached hydrogen (secondary N) is 2. The zero-order valence-corrected chi connectivity index (χ0v) is 17.3. The third kappa shape index (κ3) is 6.12. The predicted molar refractivity (Wildman–Crippen MR) is 115 cm³/mol. The normalized spacial score (nSPS) is 15.0. The Kier molecular flexibility index (Phi) is 7.76. The van der Waals surface area contributed by atoms with Crippen molar-refractivity contribution in [3.8, 4) is 6.07 Å². The monoisotopic (exact) mass is 411 g/mol. The molecule has 0 bridgehead atoms. The number of morpholine rings is 1. The number of benzene rings is 1. The van der Waals surface area contributed by atoms with E-state index in [0.29, 0.717) is 28.4 Å². The maximum Gasteiger partial charge on any atom is 0.253 e. The number of hydrogen-bond acceptors (Lipinski definition) is 7. The van der Waals surface area contributed by atoms with Crippen molar-refractivity contribution in [1.82, 2.24) is 15.2 Å². The second kappa shape index (κ2) is 10.7. The highest BCUT2D eigenvalue weighted by Gasteiger charge is 2.12. The minimum Gasteiger partial charge on any atom is -0.379 e. The van der Waals surface area contributed by atoms with Crippen LogP contribution in [0.3, 0.4) is 0 Å². The topological polar surface area (TPSA) is 90.3 Å². The molecule has 29 heavy (non-hydrogen) atoms. The van der Waals surface area contributed by atoms with Crippen LogP contribution < -0.4 is 10.6 Å². The van der Waals surface area contributed by atoms with E-state index in [1.807, 2.05) is 30.5 Å². The van der Waals surface area contributed by atoms with E-state index in [-0.39, 0.29) is 5.91 Å². The number of amides is 1. The minimum absolute atomic E-state index is 0.132. The molecule has 1 aliphatic heterocycles. The van der Waals surface area contributed by atoms with Gasteiger partial charge in [-0.05, 0) is 32.0 Å². The Hall–Kier alpha value is -2.73. The molecule has 0 spiro atoms. The Labute approximate surface area is 175 Å². The minimum atomic E-state index is -0.132. The van der Waals surface area contributed by atoms with E-state index in [9.17, 15) is 10.1 Å². The lowest BCUT2D eigenvalue weighted by Gasteiger charge is -2.26. The fourth-order valence-corrected chi connectivity index (χ4v) is 3.76. The molecule has 1 aromatic heterocycles. The van der Waals surface area contributed by atoms with Crippen LogP contribution in [0.1, 0.15) is 27.5 Å². The largest absolute Gasteiger partial charge is 0.379 e. The second-order valence-corrected chi connectivity index (χ2v) is 7.58. The van der Waals surface area contributed by atoms with E-state index >= 15 is 0 Å². The third-order valence-corrected chi connectivity index (χ3v) is 5.55. The molecule has 7 nitrogen and oxygen atoms in total. The van der Waals surface area contributed by atoms with E-state index in [1.165, 1.54) is 11.3 Å². The van der Waals surface area contributed by atoms with Gasteiger partial charge in [-0.15, -0.1) is 11.3 Å². The van der Waals surface area contributed by atoms with E-state index in [2.05, 4.69) is 26.6 Å².